The fourth-order valence-electron chi connectivity index (χ4n) is 1.66. The van der Waals surface area contributed by atoms with Crippen LogP contribution in [0.1, 0.15) is 11.3 Å². The molecule has 0 atom stereocenters. The Morgan fingerprint density at radius 3 is 2.67 bits per heavy atom. The third kappa shape index (κ3) is 3.31. The molecule has 0 aliphatic rings. The molecule has 2 rings (SSSR count). The highest BCUT2D eigenvalue weighted by atomic mass is 32.2. The van der Waals surface area contributed by atoms with Crippen LogP contribution in [0.4, 0.5) is 0 Å². The highest BCUT2D eigenvalue weighted by Gasteiger charge is 2.06. The summed E-state index contributed by atoms with van der Waals surface area (Å²) in [4.78, 5) is 1.23. The van der Waals surface area contributed by atoms with Gasteiger partial charge < -0.3 is 14.5 Å². The summed E-state index contributed by atoms with van der Waals surface area (Å²) in [6.45, 7) is 1.25. The number of rotatable bonds is 6. The number of furan rings is 1. The lowest BCUT2D eigenvalue weighted by atomic mass is 10.2. The van der Waals surface area contributed by atoms with Gasteiger partial charge in [-0.1, -0.05) is 0 Å². The summed E-state index contributed by atoms with van der Waals surface area (Å²) in [7, 11) is 1.92. The van der Waals surface area contributed by atoms with Crippen LogP contribution in [0.15, 0.2) is 45.9 Å². The van der Waals surface area contributed by atoms with Gasteiger partial charge in [-0.2, -0.15) is 0 Å². The molecule has 96 valence electrons. The molecule has 4 heteroatoms. The van der Waals surface area contributed by atoms with Crippen molar-refractivity contribution >= 4 is 11.8 Å². The van der Waals surface area contributed by atoms with Crippen molar-refractivity contribution in [2.24, 2.45) is 0 Å². The summed E-state index contributed by atoms with van der Waals surface area (Å²) in [6.07, 6.45) is 3.75. The van der Waals surface area contributed by atoms with E-state index in [0.29, 0.717) is 6.61 Å². The topological polar surface area (TPSA) is 34.4 Å². The summed E-state index contributed by atoms with van der Waals surface area (Å²) < 4.78 is 11.1. The van der Waals surface area contributed by atoms with E-state index in [2.05, 4.69) is 23.7 Å². The van der Waals surface area contributed by atoms with Gasteiger partial charge in [-0.05, 0) is 43.6 Å². The highest BCUT2D eigenvalue weighted by Crippen LogP contribution is 2.20. The molecule has 0 saturated carbocycles. The van der Waals surface area contributed by atoms with Crippen molar-refractivity contribution in [3.63, 3.8) is 0 Å². The Labute approximate surface area is 112 Å². The number of thioether (sulfide) groups is 1. The van der Waals surface area contributed by atoms with Gasteiger partial charge in [-0.15, -0.1) is 11.8 Å². The first-order chi connectivity index (χ1) is 8.83. The van der Waals surface area contributed by atoms with Crippen LogP contribution in [0.3, 0.4) is 0 Å². The molecule has 0 unspecified atom stereocenters. The van der Waals surface area contributed by atoms with Crippen LogP contribution in [0.2, 0.25) is 0 Å². The molecule has 0 bridgehead atoms. The Morgan fingerprint density at radius 1 is 1.22 bits per heavy atom. The van der Waals surface area contributed by atoms with Gasteiger partial charge in [-0.3, -0.25) is 0 Å². The number of hydrogen-bond acceptors (Lipinski definition) is 4. The highest BCUT2D eigenvalue weighted by molar-refractivity contribution is 7.98. The van der Waals surface area contributed by atoms with Crippen LogP contribution < -0.4 is 10.1 Å². The van der Waals surface area contributed by atoms with Crippen LogP contribution in [0, 0.1) is 0 Å². The molecule has 2 aromatic rings. The van der Waals surface area contributed by atoms with E-state index in [1.54, 1.807) is 18.0 Å². The second-order valence-corrected chi connectivity index (χ2v) is 4.74. The van der Waals surface area contributed by atoms with Crippen LogP contribution in [-0.2, 0) is 13.2 Å². The molecular formula is C14H17NO2S. The zero-order chi connectivity index (χ0) is 12.8. The third-order valence-corrected chi connectivity index (χ3v) is 3.38. The predicted octanol–water partition coefficient (Wildman–Crippen LogP) is 3.30. The zero-order valence-electron chi connectivity index (χ0n) is 10.6. The quantitative estimate of drug-likeness (QED) is 0.811. The van der Waals surface area contributed by atoms with Gasteiger partial charge in [0.25, 0.3) is 0 Å². The number of ether oxygens (including phenoxy) is 1. The largest absolute Gasteiger partial charge is 0.486 e. The van der Waals surface area contributed by atoms with Crippen molar-refractivity contribution in [2.75, 3.05) is 13.3 Å². The van der Waals surface area contributed by atoms with E-state index in [1.165, 1.54) is 4.90 Å². The first kappa shape index (κ1) is 13.1. The van der Waals surface area contributed by atoms with Gasteiger partial charge in [0.1, 0.15) is 18.1 Å². The maximum absolute atomic E-state index is 5.71. The maximum Gasteiger partial charge on any atom is 0.146 e. The smallest absolute Gasteiger partial charge is 0.146 e. The molecule has 3 nitrogen and oxygen atoms in total. The normalized spacial score (nSPS) is 10.6. The summed E-state index contributed by atoms with van der Waals surface area (Å²) in [5.74, 6) is 1.73. The van der Waals surface area contributed by atoms with Crippen LogP contribution in [0.5, 0.6) is 5.75 Å². The summed E-state index contributed by atoms with van der Waals surface area (Å²) in [6, 6.07) is 10.0. The van der Waals surface area contributed by atoms with Crippen molar-refractivity contribution in [3.8, 4) is 5.75 Å². The molecule has 1 N–H and O–H groups in total. The van der Waals surface area contributed by atoms with Crippen molar-refractivity contribution in [1.82, 2.24) is 5.32 Å². The van der Waals surface area contributed by atoms with Gasteiger partial charge in [0, 0.05) is 17.0 Å². The fraction of sp³-hybridized carbons (Fsp3) is 0.286. The Bertz CT molecular complexity index is 479. The van der Waals surface area contributed by atoms with Gasteiger partial charge in [-0.25, -0.2) is 0 Å². The van der Waals surface area contributed by atoms with Crippen molar-refractivity contribution in [1.29, 1.82) is 0 Å². The minimum atomic E-state index is 0.461. The van der Waals surface area contributed by atoms with Crippen molar-refractivity contribution < 1.29 is 9.15 Å². The Morgan fingerprint density at radius 2 is 2.00 bits per heavy atom. The summed E-state index contributed by atoms with van der Waals surface area (Å²) >= 11 is 1.72. The summed E-state index contributed by atoms with van der Waals surface area (Å²) in [5, 5.41) is 3.11. The minimum absolute atomic E-state index is 0.461. The number of hydrogen-bond donors (Lipinski definition) is 1. The molecule has 18 heavy (non-hydrogen) atoms. The molecule has 0 spiro atoms. The number of nitrogens with one attached hydrogen (secondary N) is 1. The zero-order valence-corrected chi connectivity index (χ0v) is 11.4. The van der Waals surface area contributed by atoms with Crippen LogP contribution in [0.25, 0.3) is 0 Å². The standard InChI is InChI=1S/C14H17NO2S/c1-15-9-11-7-8-16-14(11)10-17-12-3-5-13(18-2)6-4-12/h3-8,15H,9-10H2,1-2H3. The van der Waals surface area contributed by atoms with E-state index < -0.39 is 0 Å². The van der Waals surface area contributed by atoms with E-state index in [0.717, 1.165) is 23.6 Å². The molecule has 0 amide bonds. The second kappa shape index (κ2) is 6.52. The Balaban J connectivity index is 1.95. The first-order valence-corrected chi connectivity index (χ1v) is 7.02. The van der Waals surface area contributed by atoms with E-state index in [4.69, 9.17) is 9.15 Å². The van der Waals surface area contributed by atoms with Crippen LogP contribution >= 0.6 is 11.8 Å². The molecule has 0 saturated heterocycles. The summed E-state index contributed by atoms with van der Waals surface area (Å²) in [5.41, 5.74) is 1.14. The molecule has 0 radical (unpaired) electrons. The fourth-order valence-corrected chi connectivity index (χ4v) is 2.07. The molecule has 0 aliphatic heterocycles. The minimum Gasteiger partial charge on any atom is -0.486 e. The first-order valence-electron chi connectivity index (χ1n) is 5.80. The third-order valence-electron chi connectivity index (χ3n) is 2.63. The monoisotopic (exact) mass is 263 g/mol. The van der Waals surface area contributed by atoms with Crippen molar-refractivity contribution in [2.45, 2.75) is 18.0 Å². The second-order valence-electron chi connectivity index (χ2n) is 3.86. The molecule has 1 aromatic heterocycles. The molecular weight excluding hydrogens is 246 g/mol. The SMILES string of the molecule is CNCc1ccoc1COc1ccc(SC)cc1. The number of benzene rings is 1. The molecule has 1 heterocycles. The van der Waals surface area contributed by atoms with Gasteiger partial charge in [0.05, 0.1) is 6.26 Å². The molecule has 0 aliphatic carbocycles. The van der Waals surface area contributed by atoms with Gasteiger partial charge in [0.15, 0.2) is 0 Å². The Hall–Kier alpha value is -1.39. The van der Waals surface area contributed by atoms with Crippen LogP contribution in [-0.4, -0.2) is 13.3 Å². The average Bonchev–Trinajstić information content (AvgIpc) is 2.85. The van der Waals surface area contributed by atoms with E-state index in [-0.39, 0.29) is 0 Å². The lowest BCUT2D eigenvalue weighted by molar-refractivity contribution is 0.268. The van der Waals surface area contributed by atoms with E-state index in [1.807, 2.05) is 25.2 Å². The van der Waals surface area contributed by atoms with E-state index in [9.17, 15) is 0 Å². The lowest BCUT2D eigenvalue weighted by Gasteiger charge is -2.06. The van der Waals surface area contributed by atoms with Gasteiger partial charge in [0.2, 0.25) is 0 Å². The Kier molecular flexibility index (Phi) is 4.73. The van der Waals surface area contributed by atoms with Gasteiger partial charge >= 0.3 is 0 Å². The maximum atomic E-state index is 5.71. The predicted molar refractivity (Wildman–Crippen MR) is 74.0 cm³/mol. The lowest BCUT2D eigenvalue weighted by Crippen LogP contribution is -2.07. The van der Waals surface area contributed by atoms with E-state index >= 15 is 0 Å². The molecule has 1 aromatic carbocycles. The average molecular weight is 263 g/mol. The molecule has 0 fully saturated rings. The van der Waals surface area contributed by atoms with Crippen molar-refractivity contribution in [3.05, 3.63) is 47.9 Å².